The molecule has 0 spiro atoms. The summed E-state index contributed by atoms with van der Waals surface area (Å²) in [6.07, 6.45) is 0. The van der Waals surface area contributed by atoms with E-state index in [9.17, 15) is 9.18 Å². The Hall–Kier alpha value is -1.20. The lowest BCUT2D eigenvalue weighted by Crippen LogP contribution is -2.11. The lowest BCUT2D eigenvalue weighted by Gasteiger charge is -2.06. The van der Waals surface area contributed by atoms with Crippen molar-refractivity contribution >= 4 is 37.6 Å². The van der Waals surface area contributed by atoms with Crippen molar-refractivity contribution in [3.05, 3.63) is 62.8 Å². The molecule has 0 amide bonds. The Balaban J connectivity index is 2.00. The van der Waals surface area contributed by atoms with E-state index in [1.807, 2.05) is 0 Å². The van der Waals surface area contributed by atoms with Gasteiger partial charge in [-0.3, -0.25) is 4.79 Å². The summed E-state index contributed by atoms with van der Waals surface area (Å²) in [6, 6.07) is 11.3. The summed E-state index contributed by atoms with van der Waals surface area (Å²) in [5, 5.41) is 0. The topological polar surface area (TPSA) is 26.3 Å². The van der Waals surface area contributed by atoms with Gasteiger partial charge in [-0.2, -0.15) is 0 Å². The van der Waals surface area contributed by atoms with E-state index in [1.165, 1.54) is 18.2 Å². The summed E-state index contributed by atoms with van der Waals surface area (Å²) in [4.78, 5) is 11.9. The van der Waals surface area contributed by atoms with E-state index in [-0.39, 0.29) is 18.2 Å². The minimum absolute atomic E-state index is 0.0836. The van der Waals surface area contributed by atoms with Gasteiger partial charge >= 0.3 is 0 Å². The fraction of sp³-hybridized carbons (Fsp3) is 0.0714. The molecule has 0 radical (unpaired) electrons. The number of halogens is 3. The van der Waals surface area contributed by atoms with Gasteiger partial charge < -0.3 is 4.74 Å². The van der Waals surface area contributed by atoms with E-state index in [2.05, 4.69) is 31.9 Å². The first-order valence-electron chi connectivity index (χ1n) is 5.43. The second kappa shape index (κ2) is 6.30. The summed E-state index contributed by atoms with van der Waals surface area (Å²) >= 11 is 6.36. The van der Waals surface area contributed by atoms with Gasteiger partial charge in [-0.05, 0) is 46.3 Å². The Morgan fingerprint density at radius 3 is 2.42 bits per heavy atom. The molecule has 98 valence electrons. The molecule has 0 atom stereocenters. The lowest BCUT2D eigenvalue weighted by atomic mass is 10.1. The van der Waals surface area contributed by atoms with Crippen LogP contribution in [0, 0.1) is 5.82 Å². The van der Waals surface area contributed by atoms with Gasteiger partial charge in [0.15, 0.2) is 12.4 Å². The number of carbonyl (C=O) groups is 1. The maximum Gasteiger partial charge on any atom is 0.200 e. The minimum atomic E-state index is -0.369. The summed E-state index contributed by atoms with van der Waals surface area (Å²) in [5.74, 6) is -0.0572. The zero-order valence-corrected chi connectivity index (χ0v) is 12.9. The highest BCUT2D eigenvalue weighted by Gasteiger charge is 2.07. The van der Waals surface area contributed by atoms with E-state index in [1.54, 1.807) is 24.3 Å². The van der Waals surface area contributed by atoms with Crippen LogP contribution in [0.3, 0.4) is 0 Å². The Kier molecular flexibility index (Phi) is 4.71. The summed E-state index contributed by atoms with van der Waals surface area (Å²) in [5.41, 5.74) is 0.573. The monoisotopic (exact) mass is 386 g/mol. The molecule has 2 aromatic rings. The number of ketones is 1. The van der Waals surface area contributed by atoms with Crippen molar-refractivity contribution in [2.45, 2.75) is 0 Å². The SMILES string of the molecule is O=C(COc1ccc(F)c(Br)c1)c1ccc(Br)cc1. The summed E-state index contributed by atoms with van der Waals surface area (Å²) in [7, 11) is 0. The number of ether oxygens (including phenoxy) is 1. The molecule has 2 nitrogen and oxygen atoms in total. The molecule has 2 rings (SSSR count). The third-order valence-electron chi connectivity index (χ3n) is 2.43. The van der Waals surface area contributed by atoms with Crippen LogP contribution in [-0.4, -0.2) is 12.4 Å². The number of carbonyl (C=O) groups excluding carboxylic acids is 1. The second-order valence-corrected chi connectivity index (χ2v) is 5.56. The quantitative estimate of drug-likeness (QED) is 0.716. The molecule has 0 aromatic heterocycles. The van der Waals surface area contributed by atoms with Crippen LogP contribution >= 0.6 is 31.9 Å². The predicted molar refractivity (Wildman–Crippen MR) is 78.1 cm³/mol. The van der Waals surface area contributed by atoms with E-state index < -0.39 is 0 Å². The molecule has 0 saturated carbocycles. The largest absolute Gasteiger partial charge is 0.485 e. The van der Waals surface area contributed by atoms with Gasteiger partial charge in [-0.25, -0.2) is 4.39 Å². The van der Waals surface area contributed by atoms with E-state index in [4.69, 9.17) is 4.74 Å². The van der Waals surface area contributed by atoms with Gasteiger partial charge in [0.1, 0.15) is 11.6 Å². The van der Waals surface area contributed by atoms with Crippen molar-refractivity contribution in [3.8, 4) is 5.75 Å². The number of Topliss-reactive ketones (excluding diaryl/α,β-unsaturated/α-hetero) is 1. The normalized spacial score (nSPS) is 10.3. The van der Waals surface area contributed by atoms with Gasteiger partial charge in [0.2, 0.25) is 0 Å². The minimum Gasteiger partial charge on any atom is -0.485 e. The van der Waals surface area contributed by atoms with Crippen LogP contribution in [0.15, 0.2) is 51.4 Å². The van der Waals surface area contributed by atoms with Gasteiger partial charge in [0.05, 0.1) is 4.47 Å². The molecule has 0 saturated heterocycles. The fourth-order valence-corrected chi connectivity index (χ4v) is 2.06. The first-order valence-corrected chi connectivity index (χ1v) is 7.01. The van der Waals surface area contributed by atoms with Gasteiger partial charge in [-0.1, -0.05) is 28.1 Å². The molecule has 0 bridgehead atoms. The molecule has 0 unspecified atom stereocenters. The van der Waals surface area contributed by atoms with Crippen LogP contribution in [0.5, 0.6) is 5.75 Å². The van der Waals surface area contributed by atoms with E-state index in [0.29, 0.717) is 15.8 Å². The zero-order chi connectivity index (χ0) is 13.8. The third kappa shape index (κ3) is 3.88. The molecule has 0 aliphatic heterocycles. The molecule has 2 aromatic carbocycles. The van der Waals surface area contributed by atoms with Crippen LogP contribution in [0.25, 0.3) is 0 Å². The Morgan fingerprint density at radius 2 is 1.79 bits per heavy atom. The highest BCUT2D eigenvalue weighted by atomic mass is 79.9. The lowest BCUT2D eigenvalue weighted by molar-refractivity contribution is 0.0921. The van der Waals surface area contributed by atoms with Crippen LogP contribution in [0.4, 0.5) is 4.39 Å². The van der Waals surface area contributed by atoms with E-state index in [0.717, 1.165) is 4.47 Å². The first-order chi connectivity index (χ1) is 9.06. The van der Waals surface area contributed by atoms with Gasteiger partial charge in [0.25, 0.3) is 0 Å². The average molecular weight is 388 g/mol. The van der Waals surface area contributed by atoms with Crippen molar-refractivity contribution in [3.63, 3.8) is 0 Å². The molecule has 0 N–H and O–H groups in total. The summed E-state index contributed by atoms with van der Waals surface area (Å²) in [6.45, 7) is -0.0836. The van der Waals surface area contributed by atoms with Crippen molar-refractivity contribution in [1.82, 2.24) is 0 Å². The number of hydrogen-bond donors (Lipinski definition) is 0. The second-order valence-electron chi connectivity index (χ2n) is 3.79. The molecule has 0 aliphatic carbocycles. The zero-order valence-electron chi connectivity index (χ0n) is 9.70. The van der Waals surface area contributed by atoms with Crippen LogP contribution in [-0.2, 0) is 0 Å². The van der Waals surface area contributed by atoms with Crippen LogP contribution in [0.1, 0.15) is 10.4 Å². The van der Waals surface area contributed by atoms with Crippen molar-refractivity contribution in [1.29, 1.82) is 0 Å². The molecular formula is C14H9Br2FO2. The van der Waals surface area contributed by atoms with Gasteiger partial charge in [0, 0.05) is 10.0 Å². The molecule has 19 heavy (non-hydrogen) atoms. The smallest absolute Gasteiger partial charge is 0.200 e. The number of rotatable bonds is 4. The molecular weight excluding hydrogens is 379 g/mol. The molecule has 0 heterocycles. The maximum absolute atomic E-state index is 13.0. The Morgan fingerprint density at radius 1 is 1.11 bits per heavy atom. The average Bonchev–Trinajstić information content (AvgIpc) is 2.40. The highest BCUT2D eigenvalue weighted by molar-refractivity contribution is 9.10. The predicted octanol–water partition coefficient (Wildman–Crippen LogP) is 4.61. The van der Waals surface area contributed by atoms with E-state index >= 15 is 0 Å². The summed E-state index contributed by atoms with van der Waals surface area (Å²) < 4.78 is 19.6. The third-order valence-corrected chi connectivity index (χ3v) is 3.56. The number of benzene rings is 2. The number of hydrogen-bond acceptors (Lipinski definition) is 2. The Bertz CT molecular complexity index is 597. The van der Waals surface area contributed by atoms with Crippen LogP contribution < -0.4 is 4.74 Å². The van der Waals surface area contributed by atoms with Crippen molar-refractivity contribution < 1.29 is 13.9 Å². The standard InChI is InChI=1S/C14H9Br2FO2/c15-10-3-1-9(2-4-10)14(18)8-19-11-5-6-13(17)12(16)7-11/h1-7H,8H2. The maximum atomic E-state index is 13.0. The Labute approximate surface area is 126 Å². The first kappa shape index (κ1) is 14.2. The molecule has 0 fully saturated rings. The van der Waals surface area contributed by atoms with Crippen molar-refractivity contribution in [2.75, 3.05) is 6.61 Å². The van der Waals surface area contributed by atoms with Crippen LogP contribution in [0.2, 0.25) is 0 Å². The highest BCUT2D eigenvalue weighted by Crippen LogP contribution is 2.21. The molecule has 0 aliphatic rings. The van der Waals surface area contributed by atoms with Gasteiger partial charge in [-0.15, -0.1) is 0 Å². The molecule has 5 heteroatoms. The van der Waals surface area contributed by atoms with Crippen molar-refractivity contribution in [2.24, 2.45) is 0 Å². The fourth-order valence-electron chi connectivity index (χ4n) is 1.43.